The SMILES string of the molecule is CCCC[C@@H](O)CC#CC(=O)OC(C)(C)C. The van der Waals surface area contributed by atoms with Crippen molar-refractivity contribution in [3.8, 4) is 11.8 Å². The van der Waals surface area contributed by atoms with Gasteiger partial charge >= 0.3 is 5.97 Å². The van der Waals surface area contributed by atoms with Gasteiger partial charge in [0.05, 0.1) is 6.10 Å². The molecule has 0 amide bonds. The van der Waals surface area contributed by atoms with Gasteiger partial charge in [-0.1, -0.05) is 25.7 Å². The van der Waals surface area contributed by atoms with Crippen molar-refractivity contribution >= 4 is 5.97 Å². The molecule has 92 valence electrons. The quantitative estimate of drug-likeness (QED) is 0.454. The fourth-order valence-electron chi connectivity index (χ4n) is 1.09. The summed E-state index contributed by atoms with van der Waals surface area (Å²) >= 11 is 0. The monoisotopic (exact) mass is 226 g/mol. The number of ether oxygens (including phenoxy) is 1. The molecule has 0 heterocycles. The van der Waals surface area contributed by atoms with Gasteiger partial charge in [-0.3, -0.25) is 0 Å². The van der Waals surface area contributed by atoms with E-state index >= 15 is 0 Å². The first-order chi connectivity index (χ1) is 7.35. The maximum Gasteiger partial charge on any atom is 0.384 e. The molecule has 0 aromatic rings. The average Bonchev–Trinajstić information content (AvgIpc) is 2.11. The number of aliphatic hydroxyl groups excluding tert-OH is 1. The maximum atomic E-state index is 11.2. The normalized spacial score (nSPS) is 12.6. The van der Waals surface area contributed by atoms with E-state index in [1.165, 1.54) is 0 Å². The van der Waals surface area contributed by atoms with Crippen LogP contribution in [-0.2, 0) is 9.53 Å². The molecule has 3 heteroatoms. The minimum atomic E-state index is -0.532. The highest BCUT2D eigenvalue weighted by molar-refractivity contribution is 5.88. The fraction of sp³-hybridized carbons (Fsp3) is 0.769. The summed E-state index contributed by atoms with van der Waals surface area (Å²) in [7, 11) is 0. The van der Waals surface area contributed by atoms with Gasteiger partial charge in [-0.05, 0) is 27.2 Å². The van der Waals surface area contributed by atoms with Gasteiger partial charge in [0, 0.05) is 12.3 Å². The molecule has 3 nitrogen and oxygen atoms in total. The van der Waals surface area contributed by atoms with Gasteiger partial charge in [0.15, 0.2) is 0 Å². The molecule has 0 aromatic carbocycles. The molecule has 1 atom stereocenters. The lowest BCUT2D eigenvalue weighted by atomic mass is 10.1. The minimum Gasteiger partial charge on any atom is -0.450 e. The molecular formula is C13H22O3. The lowest BCUT2D eigenvalue weighted by Crippen LogP contribution is -2.22. The van der Waals surface area contributed by atoms with Crippen LogP contribution in [0.25, 0.3) is 0 Å². The highest BCUT2D eigenvalue weighted by Gasteiger charge is 2.14. The van der Waals surface area contributed by atoms with E-state index in [1.54, 1.807) is 20.8 Å². The van der Waals surface area contributed by atoms with Crippen molar-refractivity contribution in [2.24, 2.45) is 0 Å². The highest BCUT2D eigenvalue weighted by Crippen LogP contribution is 2.06. The second-order valence-corrected chi connectivity index (χ2v) is 4.80. The molecular weight excluding hydrogens is 204 g/mol. The second kappa shape index (κ2) is 7.29. The Labute approximate surface area is 98.2 Å². The van der Waals surface area contributed by atoms with E-state index in [2.05, 4.69) is 18.8 Å². The number of rotatable bonds is 4. The van der Waals surface area contributed by atoms with Gasteiger partial charge in [-0.2, -0.15) is 0 Å². The Morgan fingerprint density at radius 2 is 2.06 bits per heavy atom. The van der Waals surface area contributed by atoms with Gasteiger partial charge in [0.2, 0.25) is 0 Å². The summed E-state index contributed by atoms with van der Waals surface area (Å²) in [5.41, 5.74) is -0.507. The summed E-state index contributed by atoms with van der Waals surface area (Å²) in [6.07, 6.45) is 2.67. The molecule has 1 N–H and O–H groups in total. The molecule has 0 aliphatic heterocycles. The Balaban J connectivity index is 3.88. The molecule has 0 saturated heterocycles. The number of unbranched alkanes of at least 4 members (excludes halogenated alkanes) is 1. The molecule has 0 bridgehead atoms. The third-order valence-corrected chi connectivity index (χ3v) is 1.82. The summed E-state index contributed by atoms with van der Waals surface area (Å²) in [6.45, 7) is 7.45. The average molecular weight is 226 g/mol. The van der Waals surface area contributed by atoms with Crippen LogP contribution in [0.15, 0.2) is 0 Å². The molecule has 0 radical (unpaired) electrons. The summed E-state index contributed by atoms with van der Waals surface area (Å²) in [4.78, 5) is 11.2. The van der Waals surface area contributed by atoms with Crippen molar-refractivity contribution in [3.05, 3.63) is 0 Å². The van der Waals surface area contributed by atoms with Crippen LogP contribution in [0, 0.1) is 11.8 Å². The van der Waals surface area contributed by atoms with Crippen LogP contribution in [-0.4, -0.2) is 22.8 Å². The van der Waals surface area contributed by atoms with Crippen molar-refractivity contribution in [3.63, 3.8) is 0 Å². The van der Waals surface area contributed by atoms with E-state index in [0.717, 1.165) is 19.3 Å². The van der Waals surface area contributed by atoms with Crippen molar-refractivity contribution in [2.75, 3.05) is 0 Å². The molecule has 0 aromatic heterocycles. The maximum absolute atomic E-state index is 11.2. The first kappa shape index (κ1) is 15.0. The third-order valence-electron chi connectivity index (χ3n) is 1.82. The minimum absolute atomic E-state index is 0.333. The molecule has 0 aliphatic rings. The summed E-state index contributed by atoms with van der Waals surface area (Å²) in [6, 6.07) is 0. The van der Waals surface area contributed by atoms with Crippen LogP contribution in [0.4, 0.5) is 0 Å². The number of esters is 1. The number of hydrogen-bond acceptors (Lipinski definition) is 3. The van der Waals surface area contributed by atoms with Gasteiger partial charge in [0.1, 0.15) is 5.60 Å². The van der Waals surface area contributed by atoms with Crippen molar-refractivity contribution in [2.45, 2.75) is 65.1 Å². The first-order valence-electron chi connectivity index (χ1n) is 5.75. The van der Waals surface area contributed by atoms with Crippen molar-refractivity contribution in [1.29, 1.82) is 0 Å². The van der Waals surface area contributed by atoms with Gasteiger partial charge in [-0.25, -0.2) is 4.79 Å². The molecule has 0 fully saturated rings. The van der Waals surface area contributed by atoms with Gasteiger partial charge in [-0.15, -0.1) is 0 Å². The number of carbonyl (C=O) groups excluding carboxylic acids is 1. The Kier molecular flexibility index (Phi) is 6.83. The number of hydrogen-bond donors (Lipinski definition) is 1. The van der Waals surface area contributed by atoms with Crippen LogP contribution in [0.5, 0.6) is 0 Å². The standard InChI is InChI=1S/C13H22O3/c1-5-6-8-11(14)9-7-10-12(15)16-13(2,3)4/h11,14H,5-6,8-9H2,1-4H3/t11-/m1/s1. The summed E-state index contributed by atoms with van der Waals surface area (Å²) < 4.78 is 5.01. The zero-order valence-corrected chi connectivity index (χ0v) is 10.7. The van der Waals surface area contributed by atoms with Crippen LogP contribution in [0.3, 0.4) is 0 Å². The predicted octanol–water partition coefficient (Wildman–Crippen LogP) is 2.27. The smallest absolute Gasteiger partial charge is 0.384 e. The van der Waals surface area contributed by atoms with Crippen LogP contribution in [0.2, 0.25) is 0 Å². The number of aliphatic hydroxyl groups is 1. The van der Waals surface area contributed by atoms with Crippen LogP contribution >= 0.6 is 0 Å². The van der Waals surface area contributed by atoms with Crippen LogP contribution in [0.1, 0.15) is 53.4 Å². The zero-order chi connectivity index (χ0) is 12.6. The Morgan fingerprint density at radius 3 is 2.56 bits per heavy atom. The zero-order valence-electron chi connectivity index (χ0n) is 10.7. The van der Waals surface area contributed by atoms with E-state index in [9.17, 15) is 9.90 Å². The molecule has 0 unspecified atom stereocenters. The van der Waals surface area contributed by atoms with E-state index < -0.39 is 17.7 Å². The Bertz CT molecular complexity index is 265. The predicted molar refractivity (Wildman–Crippen MR) is 63.8 cm³/mol. The van der Waals surface area contributed by atoms with E-state index in [4.69, 9.17) is 4.74 Å². The van der Waals surface area contributed by atoms with Crippen LogP contribution < -0.4 is 0 Å². The summed E-state index contributed by atoms with van der Waals surface area (Å²) in [5.74, 6) is 4.49. The largest absolute Gasteiger partial charge is 0.450 e. The van der Waals surface area contributed by atoms with E-state index in [-0.39, 0.29) is 0 Å². The highest BCUT2D eigenvalue weighted by atomic mass is 16.6. The fourth-order valence-corrected chi connectivity index (χ4v) is 1.09. The second-order valence-electron chi connectivity index (χ2n) is 4.80. The van der Waals surface area contributed by atoms with E-state index in [1.807, 2.05) is 0 Å². The van der Waals surface area contributed by atoms with Crippen molar-refractivity contribution < 1.29 is 14.6 Å². The lowest BCUT2D eigenvalue weighted by Gasteiger charge is -2.16. The number of carbonyl (C=O) groups is 1. The van der Waals surface area contributed by atoms with Gasteiger partial charge < -0.3 is 9.84 Å². The van der Waals surface area contributed by atoms with E-state index in [0.29, 0.717) is 6.42 Å². The topological polar surface area (TPSA) is 46.5 Å². The van der Waals surface area contributed by atoms with Crippen molar-refractivity contribution in [1.82, 2.24) is 0 Å². The Hall–Kier alpha value is -1.01. The Morgan fingerprint density at radius 1 is 1.44 bits per heavy atom. The molecule has 0 aliphatic carbocycles. The first-order valence-corrected chi connectivity index (χ1v) is 5.75. The molecule has 16 heavy (non-hydrogen) atoms. The molecule has 0 spiro atoms. The summed E-state index contributed by atoms with van der Waals surface area (Å²) in [5, 5.41) is 9.47. The molecule has 0 saturated carbocycles. The van der Waals surface area contributed by atoms with Gasteiger partial charge in [0.25, 0.3) is 0 Å². The third kappa shape index (κ3) is 9.54. The molecule has 0 rings (SSSR count). The lowest BCUT2D eigenvalue weighted by molar-refractivity contribution is -0.147.